The summed E-state index contributed by atoms with van der Waals surface area (Å²) in [5.74, 6) is 0.165. The van der Waals surface area contributed by atoms with E-state index in [-0.39, 0.29) is 5.96 Å². The zero-order chi connectivity index (χ0) is 18.7. The number of ether oxygens (including phenoxy) is 1. The molecule has 3 rings (SSSR count). The number of nitrogens with two attached hydrogens (primary N) is 2. The van der Waals surface area contributed by atoms with Crippen LogP contribution in [0.2, 0.25) is 5.02 Å². The monoisotopic (exact) mass is 371 g/mol. The average molecular weight is 372 g/mol. The first kappa shape index (κ1) is 17.6. The average Bonchev–Trinajstić information content (AvgIpc) is 3.09. The molecule has 0 atom stereocenters. The number of hydrogen-bond donors (Lipinski definition) is 4. The number of amides is 1. The van der Waals surface area contributed by atoms with Gasteiger partial charge in [0.15, 0.2) is 5.96 Å². The summed E-state index contributed by atoms with van der Waals surface area (Å²) in [6.07, 6.45) is 0. The lowest BCUT2D eigenvalue weighted by Gasteiger charge is -2.10. The molecule has 6 N–H and O–H groups in total. The van der Waals surface area contributed by atoms with Crippen molar-refractivity contribution in [2.24, 2.45) is 10.7 Å². The van der Waals surface area contributed by atoms with Crippen molar-refractivity contribution in [3.05, 3.63) is 58.7 Å². The number of halogens is 1. The number of carbonyl (C=O) groups is 1. The van der Waals surface area contributed by atoms with E-state index in [0.29, 0.717) is 39.7 Å². The smallest absolute Gasteiger partial charge is 0.274 e. The summed E-state index contributed by atoms with van der Waals surface area (Å²) in [5, 5.41) is 3.64. The molecule has 3 aromatic rings. The van der Waals surface area contributed by atoms with Gasteiger partial charge in [-0.1, -0.05) is 29.8 Å². The van der Waals surface area contributed by atoms with E-state index in [9.17, 15) is 4.79 Å². The van der Waals surface area contributed by atoms with Gasteiger partial charge in [-0.15, -0.1) is 0 Å². The van der Waals surface area contributed by atoms with Crippen molar-refractivity contribution in [1.82, 2.24) is 10.3 Å². The van der Waals surface area contributed by atoms with Crippen molar-refractivity contribution >= 4 is 40.1 Å². The van der Waals surface area contributed by atoms with Crippen LogP contribution in [0, 0.1) is 0 Å². The van der Waals surface area contributed by atoms with E-state index in [1.54, 1.807) is 18.2 Å². The van der Waals surface area contributed by atoms with Gasteiger partial charge in [-0.3, -0.25) is 15.1 Å². The maximum absolute atomic E-state index is 12.2. The predicted octanol–water partition coefficient (Wildman–Crippen LogP) is 2.66. The second-order valence-electron chi connectivity index (χ2n) is 5.57. The van der Waals surface area contributed by atoms with Gasteiger partial charge in [0.1, 0.15) is 18.1 Å². The molecular formula is C18H18ClN5O2. The van der Waals surface area contributed by atoms with Gasteiger partial charge in [0, 0.05) is 23.7 Å². The molecule has 0 spiro atoms. The van der Waals surface area contributed by atoms with Crippen molar-refractivity contribution in [1.29, 1.82) is 0 Å². The van der Waals surface area contributed by atoms with Gasteiger partial charge in [0.05, 0.1) is 10.5 Å². The lowest BCUT2D eigenvalue weighted by molar-refractivity contribution is 0.0972. The number of para-hydroxylation sites is 1. The quantitative estimate of drug-likeness (QED) is 0.320. The molecule has 7 nitrogen and oxygen atoms in total. The van der Waals surface area contributed by atoms with Crippen LogP contribution in [0.5, 0.6) is 5.75 Å². The number of fused-ring (bicyclic) bond motifs is 1. The Morgan fingerprint density at radius 1 is 1.31 bits per heavy atom. The molecule has 0 radical (unpaired) electrons. The van der Waals surface area contributed by atoms with Crippen molar-refractivity contribution in [2.45, 2.75) is 6.61 Å². The Morgan fingerprint density at radius 3 is 2.81 bits per heavy atom. The Labute approximate surface area is 155 Å². The van der Waals surface area contributed by atoms with Crippen molar-refractivity contribution in [3.63, 3.8) is 0 Å². The summed E-state index contributed by atoms with van der Waals surface area (Å²) < 4.78 is 5.89. The van der Waals surface area contributed by atoms with Crippen LogP contribution in [0.1, 0.15) is 16.1 Å². The number of nitrogens with zero attached hydrogens (tertiary/aromatic N) is 1. The number of aromatic amines is 1. The normalized spacial score (nSPS) is 11.5. The Hall–Kier alpha value is -3.19. The molecule has 1 amide bonds. The van der Waals surface area contributed by atoms with Crippen LogP contribution in [0.4, 0.5) is 5.69 Å². The third-order valence-corrected chi connectivity index (χ3v) is 4.20. The molecule has 0 saturated carbocycles. The first-order chi connectivity index (χ1) is 12.5. The lowest BCUT2D eigenvalue weighted by atomic mass is 10.2. The summed E-state index contributed by atoms with van der Waals surface area (Å²) in [7, 11) is 1.49. The summed E-state index contributed by atoms with van der Waals surface area (Å²) in [4.78, 5) is 18.9. The second kappa shape index (κ2) is 7.37. The number of H-pyrrole nitrogens is 1. The Kier molecular flexibility index (Phi) is 4.99. The topological polar surface area (TPSA) is 119 Å². The molecule has 2 aromatic carbocycles. The highest BCUT2D eigenvalue weighted by Crippen LogP contribution is 2.32. The number of guanidine groups is 1. The van der Waals surface area contributed by atoms with Gasteiger partial charge in [-0.2, -0.15) is 0 Å². The van der Waals surface area contributed by atoms with Crippen LogP contribution in [0.25, 0.3) is 10.9 Å². The largest absolute Gasteiger partial charge is 0.487 e. The van der Waals surface area contributed by atoms with Crippen molar-refractivity contribution in [3.8, 4) is 5.75 Å². The third kappa shape index (κ3) is 3.57. The highest BCUT2D eigenvalue weighted by Gasteiger charge is 2.15. The molecule has 0 saturated heterocycles. The number of aliphatic imine (C=N–C) groups is 1. The standard InChI is InChI=1S/C18H18ClN5O2/c1-22-18(21)24-17(25)14-8-11-12(19)6-7-15(16(11)23-14)26-9-10-4-2-3-5-13(10)20/h2-8,23H,9,20H2,1H3,(H3,21,22,24,25). The molecule has 0 unspecified atom stereocenters. The molecule has 8 heteroatoms. The Bertz CT molecular complexity index is 996. The zero-order valence-corrected chi connectivity index (χ0v) is 14.8. The number of carbonyl (C=O) groups excluding carboxylic acids is 1. The first-order valence-corrected chi connectivity index (χ1v) is 8.18. The predicted molar refractivity (Wildman–Crippen MR) is 104 cm³/mol. The number of aromatic nitrogens is 1. The van der Waals surface area contributed by atoms with Crippen LogP contribution in [0.3, 0.4) is 0 Å². The maximum atomic E-state index is 12.2. The third-order valence-electron chi connectivity index (χ3n) is 3.87. The van der Waals surface area contributed by atoms with Crippen molar-refractivity contribution in [2.75, 3.05) is 12.8 Å². The second-order valence-corrected chi connectivity index (χ2v) is 5.97. The lowest BCUT2D eigenvalue weighted by Crippen LogP contribution is -2.36. The van der Waals surface area contributed by atoms with E-state index in [1.165, 1.54) is 7.05 Å². The molecule has 0 aliphatic rings. The van der Waals surface area contributed by atoms with Gasteiger partial charge in [-0.05, 0) is 24.3 Å². The fourth-order valence-corrected chi connectivity index (χ4v) is 2.67. The highest BCUT2D eigenvalue weighted by atomic mass is 35.5. The van der Waals surface area contributed by atoms with Gasteiger partial charge in [-0.25, -0.2) is 0 Å². The van der Waals surface area contributed by atoms with Gasteiger partial charge < -0.3 is 21.2 Å². The fraction of sp³-hybridized carbons (Fsp3) is 0.111. The number of nitrogens with one attached hydrogen (secondary N) is 2. The molecule has 0 fully saturated rings. The van der Waals surface area contributed by atoms with Crippen LogP contribution in [-0.2, 0) is 6.61 Å². The number of rotatable bonds is 4. The van der Waals surface area contributed by atoms with E-state index in [4.69, 9.17) is 27.8 Å². The summed E-state index contributed by atoms with van der Waals surface area (Å²) in [6, 6.07) is 12.5. The Morgan fingerprint density at radius 2 is 2.08 bits per heavy atom. The molecule has 26 heavy (non-hydrogen) atoms. The molecule has 0 bridgehead atoms. The Balaban J connectivity index is 1.90. The fourth-order valence-electron chi connectivity index (χ4n) is 2.46. The molecule has 134 valence electrons. The minimum atomic E-state index is -0.418. The van der Waals surface area contributed by atoms with Gasteiger partial charge in [0.25, 0.3) is 5.91 Å². The van der Waals surface area contributed by atoms with E-state index >= 15 is 0 Å². The van der Waals surface area contributed by atoms with Crippen molar-refractivity contribution < 1.29 is 9.53 Å². The van der Waals surface area contributed by atoms with Crippen LogP contribution >= 0.6 is 11.6 Å². The zero-order valence-electron chi connectivity index (χ0n) is 14.0. The summed E-state index contributed by atoms with van der Waals surface area (Å²) in [5.41, 5.74) is 13.9. The van der Waals surface area contributed by atoms with E-state index in [2.05, 4.69) is 15.3 Å². The van der Waals surface area contributed by atoms with Crippen LogP contribution in [-0.4, -0.2) is 23.9 Å². The number of anilines is 1. The molecule has 1 heterocycles. The molecule has 1 aromatic heterocycles. The minimum absolute atomic E-state index is 0.0239. The van der Waals surface area contributed by atoms with Crippen LogP contribution < -0.4 is 21.5 Å². The SMILES string of the molecule is CN=C(N)NC(=O)c1cc2c(Cl)ccc(OCc3ccccc3N)c2[nH]1. The van der Waals surface area contributed by atoms with Crippen LogP contribution in [0.15, 0.2) is 47.5 Å². The highest BCUT2D eigenvalue weighted by molar-refractivity contribution is 6.35. The molecule has 0 aliphatic heterocycles. The minimum Gasteiger partial charge on any atom is -0.487 e. The van der Waals surface area contributed by atoms with E-state index in [0.717, 1.165) is 5.56 Å². The number of benzene rings is 2. The van der Waals surface area contributed by atoms with Gasteiger partial charge in [0.2, 0.25) is 0 Å². The summed E-state index contributed by atoms with van der Waals surface area (Å²) in [6.45, 7) is 0.291. The number of nitrogen functional groups attached to an aromatic ring is 1. The van der Waals surface area contributed by atoms with E-state index in [1.807, 2.05) is 24.3 Å². The molecule has 0 aliphatic carbocycles. The first-order valence-electron chi connectivity index (χ1n) is 7.80. The number of hydrogen-bond acceptors (Lipinski definition) is 4. The maximum Gasteiger partial charge on any atom is 0.274 e. The van der Waals surface area contributed by atoms with E-state index < -0.39 is 5.91 Å². The molecular weight excluding hydrogens is 354 g/mol. The van der Waals surface area contributed by atoms with Gasteiger partial charge >= 0.3 is 0 Å². The summed E-state index contributed by atoms with van der Waals surface area (Å²) >= 11 is 6.25.